The van der Waals surface area contributed by atoms with Gasteiger partial charge in [-0.1, -0.05) is 18.9 Å². The zero-order chi connectivity index (χ0) is 14.0. The maximum Gasteiger partial charge on any atom is 0.160 e. The number of hydrogen-bond acceptors (Lipinski definition) is 3. The van der Waals surface area contributed by atoms with Gasteiger partial charge in [0.15, 0.2) is 5.82 Å². The third-order valence-electron chi connectivity index (χ3n) is 3.84. The Labute approximate surface area is 121 Å². The van der Waals surface area contributed by atoms with Crippen molar-refractivity contribution in [2.24, 2.45) is 5.73 Å². The second-order valence-corrected chi connectivity index (χ2v) is 6.16. The third-order valence-corrected chi connectivity index (χ3v) is 4.70. The van der Waals surface area contributed by atoms with E-state index in [1.165, 1.54) is 0 Å². The van der Waals surface area contributed by atoms with Gasteiger partial charge in [0.2, 0.25) is 0 Å². The Bertz CT molecular complexity index is 461. The first-order valence-corrected chi connectivity index (χ1v) is 7.36. The van der Waals surface area contributed by atoms with Gasteiger partial charge in [-0.15, -0.1) is 0 Å². The fourth-order valence-corrected chi connectivity index (χ4v) is 3.25. The van der Waals surface area contributed by atoms with Crippen molar-refractivity contribution >= 4 is 21.6 Å². The van der Waals surface area contributed by atoms with Crippen LogP contribution in [0.3, 0.4) is 0 Å². The highest BCUT2D eigenvalue weighted by atomic mass is 79.9. The first-order valence-electron chi connectivity index (χ1n) is 6.57. The van der Waals surface area contributed by atoms with Crippen molar-refractivity contribution in [1.29, 1.82) is 0 Å². The molecule has 0 saturated heterocycles. The molecule has 0 radical (unpaired) electrons. The fourth-order valence-electron chi connectivity index (χ4n) is 2.75. The van der Waals surface area contributed by atoms with E-state index >= 15 is 0 Å². The summed E-state index contributed by atoms with van der Waals surface area (Å²) >= 11 is 3.24. The van der Waals surface area contributed by atoms with Crippen LogP contribution in [0.4, 0.5) is 10.1 Å². The standard InChI is InChI=1S/C14H20BrFN2O/c1-18(9-14(19)6-2-3-7-14)11-5-4-10(8-17)12(15)13(11)16/h4-5,19H,2-3,6-9,17H2,1H3. The van der Waals surface area contributed by atoms with Gasteiger partial charge in [-0.25, -0.2) is 4.39 Å². The molecule has 1 aromatic rings. The Morgan fingerprint density at radius 2 is 2.05 bits per heavy atom. The lowest BCUT2D eigenvalue weighted by Crippen LogP contribution is -2.39. The van der Waals surface area contributed by atoms with Crippen LogP contribution in [0.5, 0.6) is 0 Å². The highest BCUT2D eigenvalue weighted by Crippen LogP contribution is 2.33. The number of anilines is 1. The van der Waals surface area contributed by atoms with Crippen LogP contribution in [-0.2, 0) is 6.54 Å². The molecule has 1 saturated carbocycles. The van der Waals surface area contributed by atoms with Gasteiger partial charge >= 0.3 is 0 Å². The number of benzene rings is 1. The van der Waals surface area contributed by atoms with Crippen LogP contribution in [0.15, 0.2) is 16.6 Å². The molecule has 0 heterocycles. The Kier molecular flexibility index (Phi) is 4.48. The van der Waals surface area contributed by atoms with E-state index in [1.807, 2.05) is 13.1 Å². The van der Waals surface area contributed by atoms with Crippen molar-refractivity contribution in [3.63, 3.8) is 0 Å². The topological polar surface area (TPSA) is 49.5 Å². The average Bonchev–Trinajstić information content (AvgIpc) is 2.79. The monoisotopic (exact) mass is 330 g/mol. The normalized spacial score (nSPS) is 17.7. The molecule has 106 valence electrons. The van der Waals surface area contributed by atoms with E-state index in [0.29, 0.717) is 23.2 Å². The summed E-state index contributed by atoms with van der Waals surface area (Å²) in [5.74, 6) is -0.313. The molecule has 3 N–H and O–H groups in total. The van der Waals surface area contributed by atoms with Crippen LogP contribution in [0.2, 0.25) is 0 Å². The van der Waals surface area contributed by atoms with Crippen molar-refractivity contribution in [3.05, 3.63) is 28.0 Å². The van der Waals surface area contributed by atoms with Gasteiger partial charge < -0.3 is 15.7 Å². The van der Waals surface area contributed by atoms with E-state index in [2.05, 4.69) is 15.9 Å². The predicted octanol–water partition coefficient (Wildman–Crippen LogP) is 2.79. The zero-order valence-electron chi connectivity index (χ0n) is 11.1. The van der Waals surface area contributed by atoms with E-state index in [1.54, 1.807) is 11.0 Å². The molecule has 0 aliphatic heterocycles. The van der Waals surface area contributed by atoms with Gasteiger partial charge in [0.05, 0.1) is 15.8 Å². The van der Waals surface area contributed by atoms with E-state index in [0.717, 1.165) is 31.2 Å². The van der Waals surface area contributed by atoms with E-state index < -0.39 is 5.60 Å². The third kappa shape index (κ3) is 3.09. The molecule has 1 aromatic carbocycles. The quantitative estimate of drug-likeness (QED) is 0.892. The molecule has 0 bridgehead atoms. The van der Waals surface area contributed by atoms with Crippen LogP contribution in [0.25, 0.3) is 0 Å². The Morgan fingerprint density at radius 3 is 2.63 bits per heavy atom. The van der Waals surface area contributed by atoms with Crippen molar-refractivity contribution in [1.82, 2.24) is 0 Å². The molecule has 0 unspecified atom stereocenters. The molecule has 0 atom stereocenters. The van der Waals surface area contributed by atoms with Crippen molar-refractivity contribution in [2.75, 3.05) is 18.5 Å². The Hall–Kier alpha value is -0.650. The van der Waals surface area contributed by atoms with E-state index in [-0.39, 0.29) is 5.82 Å². The lowest BCUT2D eigenvalue weighted by atomic mass is 10.0. The van der Waals surface area contributed by atoms with E-state index in [9.17, 15) is 9.50 Å². The van der Waals surface area contributed by atoms with Crippen molar-refractivity contribution in [2.45, 2.75) is 37.8 Å². The second kappa shape index (κ2) is 5.77. The summed E-state index contributed by atoms with van der Waals surface area (Å²) in [6.45, 7) is 0.754. The first-order chi connectivity index (χ1) is 8.97. The van der Waals surface area contributed by atoms with Crippen LogP contribution in [0, 0.1) is 5.82 Å². The summed E-state index contributed by atoms with van der Waals surface area (Å²) in [5.41, 5.74) is 6.10. The SMILES string of the molecule is CN(CC1(O)CCCC1)c1ccc(CN)c(Br)c1F. The molecule has 2 rings (SSSR count). The summed E-state index contributed by atoms with van der Waals surface area (Å²) in [6, 6.07) is 3.54. The molecule has 3 nitrogen and oxygen atoms in total. The van der Waals surface area contributed by atoms with Crippen LogP contribution in [-0.4, -0.2) is 24.3 Å². The van der Waals surface area contributed by atoms with Crippen LogP contribution >= 0.6 is 15.9 Å². The number of nitrogens with zero attached hydrogens (tertiary/aromatic N) is 1. The Balaban J connectivity index is 2.19. The minimum Gasteiger partial charge on any atom is -0.388 e. The van der Waals surface area contributed by atoms with Gasteiger partial charge in [-0.2, -0.15) is 0 Å². The highest BCUT2D eigenvalue weighted by molar-refractivity contribution is 9.10. The lowest BCUT2D eigenvalue weighted by Gasteiger charge is -2.30. The molecule has 0 spiro atoms. The zero-order valence-corrected chi connectivity index (χ0v) is 12.7. The van der Waals surface area contributed by atoms with Crippen molar-refractivity contribution < 1.29 is 9.50 Å². The van der Waals surface area contributed by atoms with Crippen LogP contribution in [0.1, 0.15) is 31.2 Å². The maximum atomic E-state index is 14.3. The highest BCUT2D eigenvalue weighted by Gasteiger charge is 2.33. The molecule has 0 aromatic heterocycles. The minimum absolute atomic E-state index is 0.297. The lowest BCUT2D eigenvalue weighted by molar-refractivity contribution is 0.0558. The Morgan fingerprint density at radius 1 is 1.42 bits per heavy atom. The molecular formula is C14H20BrFN2O. The average molecular weight is 331 g/mol. The number of aliphatic hydroxyl groups is 1. The van der Waals surface area contributed by atoms with Gasteiger partial charge in [-0.05, 0) is 40.4 Å². The van der Waals surface area contributed by atoms with Gasteiger partial charge in [-0.3, -0.25) is 0 Å². The summed E-state index contributed by atoms with van der Waals surface area (Å²) < 4.78 is 14.7. The smallest absolute Gasteiger partial charge is 0.160 e. The van der Waals surface area contributed by atoms with Gasteiger partial charge in [0.1, 0.15) is 0 Å². The second-order valence-electron chi connectivity index (χ2n) is 5.36. The summed E-state index contributed by atoms with van der Waals surface area (Å²) in [7, 11) is 1.81. The van der Waals surface area contributed by atoms with Gasteiger partial charge in [0.25, 0.3) is 0 Å². The summed E-state index contributed by atoms with van der Waals surface area (Å²) in [6.07, 6.45) is 3.67. The maximum absolute atomic E-state index is 14.3. The number of rotatable bonds is 4. The molecular weight excluding hydrogens is 311 g/mol. The number of halogens is 2. The fraction of sp³-hybridized carbons (Fsp3) is 0.571. The molecule has 5 heteroatoms. The van der Waals surface area contributed by atoms with Gasteiger partial charge in [0, 0.05) is 20.1 Å². The minimum atomic E-state index is -0.680. The molecule has 1 fully saturated rings. The first kappa shape index (κ1) is 14.8. The number of likely N-dealkylation sites (N-methyl/N-ethyl adjacent to an activating group) is 1. The van der Waals surface area contributed by atoms with Crippen molar-refractivity contribution in [3.8, 4) is 0 Å². The number of nitrogens with two attached hydrogens (primary N) is 1. The summed E-state index contributed by atoms with van der Waals surface area (Å²) in [4.78, 5) is 1.78. The largest absolute Gasteiger partial charge is 0.388 e. The molecule has 1 aliphatic carbocycles. The molecule has 0 amide bonds. The molecule has 1 aliphatic rings. The van der Waals surface area contributed by atoms with Crippen LogP contribution < -0.4 is 10.6 Å². The van der Waals surface area contributed by atoms with E-state index in [4.69, 9.17) is 5.73 Å². The molecule has 19 heavy (non-hydrogen) atoms. The number of hydrogen-bond donors (Lipinski definition) is 2. The summed E-state index contributed by atoms with van der Waals surface area (Å²) in [5, 5.41) is 10.4. The predicted molar refractivity (Wildman–Crippen MR) is 78.7 cm³/mol.